The maximum atomic E-state index is 5.90. The smallest absolute Gasteiger partial charge is 0.196 e. The average molecular weight is 279 g/mol. The van der Waals surface area contributed by atoms with E-state index in [2.05, 4.69) is 12.2 Å². The van der Waals surface area contributed by atoms with Gasteiger partial charge in [-0.25, -0.2) is 9.97 Å². The Hall–Kier alpha value is -2.20. The average Bonchev–Trinajstić information content (AvgIpc) is 3.13. The van der Waals surface area contributed by atoms with Crippen LogP contribution in [-0.4, -0.2) is 9.97 Å². The molecule has 0 radical (unpaired) electrons. The van der Waals surface area contributed by atoms with E-state index < -0.39 is 0 Å². The van der Waals surface area contributed by atoms with E-state index in [-0.39, 0.29) is 0 Å². The molecule has 0 saturated heterocycles. The zero-order chi connectivity index (χ0) is 14.2. The van der Waals surface area contributed by atoms with Gasteiger partial charge in [0, 0.05) is 29.7 Å². The molecule has 0 amide bonds. The Morgan fingerprint density at radius 2 is 2.10 bits per heavy atom. The minimum absolute atomic E-state index is 0.706. The van der Waals surface area contributed by atoms with Crippen molar-refractivity contribution in [3.63, 3.8) is 0 Å². The van der Waals surface area contributed by atoms with Gasteiger partial charge in [-0.05, 0) is 18.6 Å². The highest BCUT2D eigenvalue weighted by Crippen LogP contribution is 2.28. The summed E-state index contributed by atoms with van der Waals surface area (Å²) in [5, 5.41) is 4.45. The second kappa shape index (κ2) is 4.97. The van der Waals surface area contributed by atoms with E-state index in [0.717, 1.165) is 54.0 Å². The molecule has 0 atom stereocenters. The summed E-state index contributed by atoms with van der Waals surface area (Å²) < 4.78 is 5.90. The molecule has 3 aromatic rings. The van der Waals surface area contributed by atoms with Crippen LogP contribution in [0.15, 0.2) is 34.7 Å². The summed E-state index contributed by atoms with van der Waals surface area (Å²) in [4.78, 5) is 9.45. The number of aromatic nitrogens is 2. The van der Waals surface area contributed by atoms with Crippen LogP contribution in [0.1, 0.15) is 30.3 Å². The van der Waals surface area contributed by atoms with Gasteiger partial charge in [0.05, 0.1) is 5.69 Å². The first kappa shape index (κ1) is 12.5. The second-order valence-electron chi connectivity index (χ2n) is 5.42. The molecule has 1 aromatic carbocycles. The van der Waals surface area contributed by atoms with Crippen LogP contribution in [0.4, 0.5) is 0 Å². The number of nitrogens with zero attached hydrogens (tertiary/aromatic N) is 2. The van der Waals surface area contributed by atoms with Gasteiger partial charge in [0.1, 0.15) is 5.58 Å². The van der Waals surface area contributed by atoms with E-state index in [1.807, 2.05) is 30.3 Å². The fourth-order valence-electron chi connectivity index (χ4n) is 2.88. The van der Waals surface area contributed by atoms with Gasteiger partial charge in [-0.1, -0.05) is 31.5 Å². The van der Waals surface area contributed by atoms with Crippen LogP contribution in [-0.2, 0) is 19.5 Å². The van der Waals surface area contributed by atoms with Gasteiger partial charge in [-0.2, -0.15) is 0 Å². The van der Waals surface area contributed by atoms with Crippen molar-refractivity contribution in [2.24, 2.45) is 0 Å². The van der Waals surface area contributed by atoms with Gasteiger partial charge in [-0.15, -0.1) is 0 Å². The number of hydrogen-bond donors (Lipinski definition) is 1. The molecule has 1 aliphatic rings. The fourth-order valence-corrected chi connectivity index (χ4v) is 2.88. The predicted octanol–water partition coefficient (Wildman–Crippen LogP) is 3.45. The Bertz CT molecular complexity index is 774. The van der Waals surface area contributed by atoms with Crippen molar-refractivity contribution >= 4 is 11.0 Å². The standard InChI is InChI=1S/C17H17N3O/c1-2-5-13-12-9-18-10-14(12)20-17(19-13)16-8-11-6-3-4-7-15(11)21-16/h3-4,6-8,18H,2,5,9-10H2,1H3. The van der Waals surface area contributed by atoms with E-state index in [9.17, 15) is 0 Å². The van der Waals surface area contributed by atoms with Crippen molar-refractivity contribution in [2.45, 2.75) is 32.9 Å². The normalized spacial score (nSPS) is 13.8. The summed E-state index contributed by atoms with van der Waals surface area (Å²) in [6.45, 7) is 3.88. The van der Waals surface area contributed by atoms with E-state index in [0.29, 0.717) is 5.82 Å². The van der Waals surface area contributed by atoms with Crippen LogP contribution in [0.5, 0.6) is 0 Å². The van der Waals surface area contributed by atoms with E-state index >= 15 is 0 Å². The van der Waals surface area contributed by atoms with Crippen molar-refractivity contribution in [1.29, 1.82) is 0 Å². The summed E-state index contributed by atoms with van der Waals surface area (Å²) in [7, 11) is 0. The lowest BCUT2D eigenvalue weighted by atomic mass is 10.1. The minimum atomic E-state index is 0.706. The van der Waals surface area contributed by atoms with Gasteiger partial charge in [0.15, 0.2) is 11.6 Å². The van der Waals surface area contributed by atoms with Gasteiger partial charge in [0.2, 0.25) is 0 Å². The van der Waals surface area contributed by atoms with Gasteiger partial charge < -0.3 is 9.73 Å². The minimum Gasteiger partial charge on any atom is -0.453 e. The highest BCUT2D eigenvalue weighted by molar-refractivity contribution is 5.81. The first-order valence-corrected chi connectivity index (χ1v) is 7.43. The first-order chi connectivity index (χ1) is 10.3. The molecule has 4 rings (SSSR count). The van der Waals surface area contributed by atoms with Crippen molar-refractivity contribution in [3.8, 4) is 11.6 Å². The molecule has 0 unspecified atom stereocenters. The lowest BCUT2D eigenvalue weighted by Gasteiger charge is -2.07. The number of nitrogens with one attached hydrogen (secondary N) is 1. The number of fused-ring (bicyclic) bond motifs is 2. The second-order valence-corrected chi connectivity index (χ2v) is 5.42. The molecule has 3 heterocycles. The summed E-state index contributed by atoms with van der Waals surface area (Å²) in [5.41, 5.74) is 4.43. The Morgan fingerprint density at radius 1 is 1.19 bits per heavy atom. The Balaban J connectivity index is 1.86. The summed E-state index contributed by atoms with van der Waals surface area (Å²) in [6.07, 6.45) is 2.07. The van der Waals surface area contributed by atoms with Crippen LogP contribution < -0.4 is 5.32 Å². The molecule has 21 heavy (non-hydrogen) atoms. The maximum Gasteiger partial charge on any atom is 0.196 e. The van der Waals surface area contributed by atoms with Crippen molar-refractivity contribution in [3.05, 3.63) is 47.3 Å². The van der Waals surface area contributed by atoms with Crippen molar-refractivity contribution < 1.29 is 4.42 Å². The van der Waals surface area contributed by atoms with Crippen molar-refractivity contribution in [1.82, 2.24) is 15.3 Å². The van der Waals surface area contributed by atoms with Gasteiger partial charge in [-0.3, -0.25) is 0 Å². The number of para-hydroxylation sites is 1. The molecule has 4 heteroatoms. The molecule has 0 saturated carbocycles. The Kier molecular flexibility index (Phi) is 2.97. The zero-order valence-electron chi connectivity index (χ0n) is 12.0. The molecule has 1 N–H and O–H groups in total. The number of benzene rings is 1. The van der Waals surface area contributed by atoms with E-state index in [4.69, 9.17) is 14.4 Å². The van der Waals surface area contributed by atoms with Gasteiger partial charge >= 0.3 is 0 Å². The van der Waals surface area contributed by atoms with E-state index in [1.54, 1.807) is 0 Å². The summed E-state index contributed by atoms with van der Waals surface area (Å²) in [6, 6.07) is 10.0. The third-order valence-electron chi connectivity index (χ3n) is 3.91. The third kappa shape index (κ3) is 2.12. The SMILES string of the molecule is CCCc1nc(-c2cc3ccccc3o2)nc2c1CNC2. The van der Waals surface area contributed by atoms with Crippen LogP contribution in [0.25, 0.3) is 22.6 Å². The van der Waals surface area contributed by atoms with E-state index in [1.165, 1.54) is 5.56 Å². The highest BCUT2D eigenvalue weighted by Gasteiger charge is 2.20. The molecular formula is C17H17N3O. The molecule has 1 aliphatic heterocycles. The number of aryl methyl sites for hydroxylation is 1. The largest absolute Gasteiger partial charge is 0.453 e. The lowest BCUT2D eigenvalue weighted by Crippen LogP contribution is -2.03. The fraction of sp³-hybridized carbons (Fsp3) is 0.294. The third-order valence-corrected chi connectivity index (χ3v) is 3.91. The maximum absolute atomic E-state index is 5.90. The van der Waals surface area contributed by atoms with Crippen LogP contribution in [0, 0.1) is 0 Å². The molecule has 0 fully saturated rings. The molecule has 0 bridgehead atoms. The topological polar surface area (TPSA) is 51.0 Å². The summed E-state index contributed by atoms with van der Waals surface area (Å²) >= 11 is 0. The van der Waals surface area contributed by atoms with Crippen molar-refractivity contribution in [2.75, 3.05) is 0 Å². The zero-order valence-corrected chi connectivity index (χ0v) is 12.0. The van der Waals surface area contributed by atoms with Crippen LogP contribution >= 0.6 is 0 Å². The number of rotatable bonds is 3. The Labute approximate surface area is 123 Å². The molecule has 106 valence electrons. The highest BCUT2D eigenvalue weighted by atomic mass is 16.3. The lowest BCUT2D eigenvalue weighted by molar-refractivity contribution is 0.623. The molecule has 2 aromatic heterocycles. The molecule has 0 spiro atoms. The molecule has 0 aliphatic carbocycles. The van der Waals surface area contributed by atoms with Gasteiger partial charge in [0.25, 0.3) is 0 Å². The number of hydrogen-bond acceptors (Lipinski definition) is 4. The summed E-state index contributed by atoms with van der Waals surface area (Å²) in [5.74, 6) is 1.46. The molecular weight excluding hydrogens is 262 g/mol. The van der Waals surface area contributed by atoms with Crippen LogP contribution in [0.2, 0.25) is 0 Å². The monoisotopic (exact) mass is 279 g/mol. The quantitative estimate of drug-likeness (QED) is 0.798. The van der Waals surface area contributed by atoms with Crippen LogP contribution in [0.3, 0.4) is 0 Å². The first-order valence-electron chi connectivity index (χ1n) is 7.43. The predicted molar refractivity (Wildman–Crippen MR) is 81.8 cm³/mol. The Morgan fingerprint density at radius 3 is 2.95 bits per heavy atom. The number of furan rings is 1. The molecule has 4 nitrogen and oxygen atoms in total.